The monoisotopic (exact) mass is 385 g/mol. The quantitative estimate of drug-likeness (QED) is 0.530. The van der Waals surface area contributed by atoms with E-state index in [9.17, 15) is 9.18 Å². The topological polar surface area (TPSA) is 72.2 Å². The maximum atomic E-state index is 12.9. The highest BCUT2D eigenvalue weighted by atomic mass is 32.2. The lowest BCUT2D eigenvalue weighted by molar-refractivity contribution is -0.113. The highest BCUT2D eigenvalue weighted by molar-refractivity contribution is 7.99. The van der Waals surface area contributed by atoms with E-state index in [4.69, 9.17) is 0 Å². The molecule has 26 heavy (non-hydrogen) atoms. The molecule has 130 valence electrons. The number of anilines is 1. The van der Waals surface area contributed by atoms with Gasteiger partial charge in [-0.2, -0.15) is 9.61 Å². The zero-order valence-corrected chi connectivity index (χ0v) is 14.9. The van der Waals surface area contributed by atoms with E-state index < -0.39 is 0 Å². The van der Waals surface area contributed by atoms with Crippen molar-refractivity contribution in [3.05, 3.63) is 59.7 Å². The van der Waals surface area contributed by atoms with Gasteiger partial charge in [-0.3, -0.25) is 4.79 Å². The van der Waals surface area contributed by atoms with Crippen LogP contribution in [-0.2, 0) is 4.79 Å². The minimum atomic E-state index is -0.342. The highest BCUT2D eigenvalue weighted by Crippen LogP contribution is 2.24. The van der Waals surface area contributed by atoms with Gasteiger partial charge in [0.15, 0.2) is 11.5 Å². The van der Waals surface area contributed by atoms with Crippen molar-refractivity contribution in [2.75, 3.05) is 11.1 Å². The molecule has 0 bridgehead atoms. The van der Waals surface area contributed by atoms with Crippen molar-refractivity contribution < 1.29 is 9.18 Å². The van der Waals surface area contributed by atoms with Crippen LogP contribution in [0.15, 0.2) is 58.9 Å². The summed E-state index contributed by atoms with van der Waals surface area (Å²) in [5, 5.41) is 18.2. The fourth-order valence-electron chi connectivity index (χ4n) is 2.28. The first-order chi connectivity index (χ1) is 12.7. The number of thiophene rings is 1. The van der Waals surface area contributed by atoms with Gasteiger partial charge in [-0.15, -0.1) is 21.5 Å². The zero-order chi connectivity index (χ0) is 17.9. The number of nitrogens with one attached hydrogen (secondary N) is 1. The molecule has 0 aliphatic rings. The number of thioether (sulfide) groups is 1. The van der Waals surface area contributed by atoms with Crippen LogP contribution in [0.4, 0.5) is 10.1 Å². The fourth-order valence-corrected chi connectivity index (χ4v) is 3.63. The summed E-state index contributed by atoms with van der Waals surface area (Å²) in [5.74, 6) is 0.330. The minimum Gasteiger partial charge on any atom is -0.325 e. The SMILES string of the molecule is O=C(CSc1ccc2nnc(-c3cccs3)n2n1)Nc1ccc(F)cc1. The van der Waals surface area contributed by atoms with E-state index >= 15 is 0 Å². The molecule has 0 unspecified atom stereocenters. The molecule has 3 aromatic heterocycles. The van der Waals surface area contributed by atoms with Crippen molar-refractivity contribution in [3.8, 4) is 10.7 Å². The molecule has 1 N–H and O–H groups in total. The van der Waals surface area contributed by atoms with Crippen molar-refractivity contribution >= 4 is 40.3 Å². The Morgan fingerprint density at radius 3 is 2.77 bits per heavy atom. The summed E-state index contributed by atoms with van der Waals surface area (Å²) in [6.45, 7) is 0. The van der Waals surface area contributed by atoms with Crippen LogP contribution in [0.1, 0.15) is 0 Å². The number of carbonyl (C=O) groups excluding carboxylic acids is 1. The minimum absolute atomic E-state index is 0.187. The van der Waals surface area contributed by atoms with E-state index in [0.29, 0.717) is 22.2 Å². The van der Waals surface area contributed by atoms with Crippen LogP contribution in [0.5, 0.6) is 0 Å². The summed E-state index contributed by atoms with van der Waals surface area (Å²) in [5.41, 5.74) is 1.20. The maximum absolute atomic E-state index is 12.9. The number of rotatable bonds is 5. The van der Waals surface area contributed by atoms with Crippen molar-refractivity contribution in [1.82, 2.24) is 19.8 Å². The Labute approximate surface area is 156 Å². The number of carbonyl (C=O) groups is 1. The van der Waals surface area contributed by atoms with Crippen LogP contribution in [0, 0.1) is 5.82 Å². The van der Waals surface area contributed by atoms with Crippen molar-refractivity contribution in [2.24, 2.45) is 0 Å². The molecule has 0 aliphatic carbocycles. The molecule has 0 atom stereocenters. The van der Waals surface area contributed by atoms with Crippen molar-refractivity contribution in [1.29, 1.82) is 0 Å². The van der Waals surface area contributed by atoms with Gasteiger partial charge in [-0.05, 0) is 47.8 Å². The Hall–Kier alpha value is -2.78. The number of aromatic nitrogens is 4. The molecule has 1 aromatic carbocycles. The van der Waals surface area contributed by atoms with Crippen molar-refractivity contribution in [2.45, 2.75) is 5.03 Å². The highest BCUT2D eigenvalue weighted by Gasteiger charge is 2.12. The van der Waals surface area contributed by atoms with Crippen LogP contribution >= 0.6 is 23.1 Å². The smallest absolute Gasteiger partial charge is 0.234 e. The number of benzene rings is 1. The molecular weight excluding hydrogens is 373 g/mol. The fraction of sp³-hybridized carbons (Fsp3) is 0.0588. The van der Waals surface area contributed by atoms with Crippen LogP contribution < -0.4 is 5.32 Å². The molecular formula is C17H12FN5OS2. The Morgan fingerprint density at radius 2 is 2.00 bits per heavy atom. The Kier molecular flexibility index (Phi) is 4.63. The summed E-state index contributed by atoms with van der Waals surface area (Å²) >= 11 is 2.87. The number of fused-ring (bicyclic) bond motifs is 1. The first-order valence-corrected chi connectivity index (χ1v) is 9.50. The van der Waals surface area contributed by atoms with Gasteiger partial charge in [0.05, 0.1) is 10.6 Å². The third-order valence-corrected chi connectivity index (χ3v) is 5.24. The summed E-state index contributed by atoms with van der Waals surface area (Å²) < 4.78 is 14.6. The molecule has 0 saturated carbocycles. The van der Waals surface area contributed by atoms with Crippen LogP contribution in [0.25, 0.3) is 16.3 Å². The summed E-state index contributed by atoms with van der Waals surface area (Å²) in [7, 11) is 0. The molecule has 6 nitrogen and oxygen atoms in total. The van der Waals surface area contributed by atoms with E-state index in [1.807, 2.05) is 23.6 Å². The van der Waals surface area contributed by atoms with Gasteiger partial charge in [-0.25, -0.2) is 4.39 Å². The van der Waals surface area contributed by atoms with Gasteiger partial charge >= 0.3 is 0 Å². The van der Waals surface area contributed by atoms with E-state index in [1.165, 1.54) is 36.0 Å². The molecule has 0 aliphatic heterocycles. The van der Waals surface area contributed by atoms with Gasteiger partial charge in [-0.1, -0.05) is 17.8 Å². The standard InChI is InChI=1S/C17H12FN5OS2/c18-11-3-5-12(6-4-11)19-15(24)10-26-16-8-7-14-20-21-17(23(14)22-16)13-2-1-9-25-13/h1-9H,10H2,(H,19,24). The number of hydrogen-bond donors (Lipinski definition) is 1. The number of nitrogens with zero attached hydrogens (tertiary/aromatic N) is 4. The predicted octanol–water partition coefficient (Wildman–Crippen LogP) is 3.72. The molecule has 9 heteroatoms. The van der Waals surface area contributed by atoms with E-state index in [1.54, 1.807) is 21.9 Å². The largest absolute Gasteiger partial charge is 0.325 e. The normalized spacial score (nSPS) is 11.0. The average molecular weight is 385 g/mol. The Bertz CT molecular complexity index is 1050. The molecule has 1 amide bonds. The van der Waals surface area contributed by atoms with Gasteiger partial charge in [0, 0.05) is 5.69 Å². The second-order valence-electron chi connectivity index (χ2n) is 5.29. The average Bonchev–Trinajstić information content (AvgIpc) is 3.30. The van der Waals surface area contributed by atoms with Crippen LogP contribution in [-0.4, -0.2) is 31.5 Å². The molecule has 0 saturated heterocycles. The summed E-state index contributed by atoms with van der Waals surface area (Å²) in [6.07, 6.45) is 0. The second kappa shape index (κ2) is 7.22. The second-order valence-corrected chi connectivity index (χ2v) is 7.23. The lowest BCUT2D eigenvalue weighted by Gasteiger charge is -2.05. The molecule has 4 rings (SSSR count). The van der Waals surface area contributed by atoms with Gasteiger partial charge in [0.25, 0.3) is 0 Å². The zero-order valence-electron chi connectivity index (χ0n) is 13.3. The third kappa shape index (κ3) is 3.58. The van der Waals surface area contributed by atoms with E-state index in [0.717, 1.165) is 4.88 Å². The van der Waals surface area contributed by atoms with Crippen molar-refractivity contribution in [3.63, 3.8) is 0 Å². The van der Waals surface area contributed by atoms with Gasteiger partial charge in [0.1, 0.15) is 10.8 Å². The maximum Gasteiger partial charge on any atom is 0.234 e. The molecule has 0 spiro atoms. The molecule has 0 radical (unpaired) electrons. The van der Waals surface area contributed by atoms with Gasteiger partial charge in [0.2, 0.25) is 5.91 Å². The summed E-state index contributed by atoms with van der Waals surface area (Å²) in [6, 6.07) is 13.2. The van der Waals surface area contributed by atoms with E-state index in [-0.39, 0.29) is 17.5 Å². The molecule has 4 aromatic rings. The van der Waals surface area contributed by atoms with Crippen LogP contribution in [0.2, 0.25) is 0 Å². The molecule has 0 fully saturated rings. The summed E-state index contributed by atoms with van der Waals surface area (Å²) in [4.78, 5) is 13.0. The number of amides is 1. The Balaban J connectivity index is 1.46. The first kappa shape index (κ1) is 16.7. The Morgan fingerprint density at radius 1 is 1.15 bits per heavy atom. The number of halogens is 1. The lowest BCUT2D eigenvalue weighted by atomic mass is 10.3. The van der Waals surface area contributed by atoms with E-state index in [2.05, 4.69) is 20.6 Å². The number of hydrogen-bond acceptors (Lipinski definition) is 6. The van der Waals surface area contributed by atoms with Crippen LogP contribution in [0.3, 0.4) is 0 Å². The third-order valence-electron chi connectivity index (χ3n) is 3.46. The van der Waals surface area contributed by atoms with Gasteiger partial charge < -0.3 is 5.32 Å². The lowest BCUT2D eigenvalue weighted by Crippen LogP contribution is -2.14. The first-order valence-electron chi connectivity index (χ1n) is 7.63. The predicted molar refractivity (Wildman–Crippen MR) is 99.8 cm³/mol. The molecule has 3 heterocycles.